The second-order valence-electron chi connectivity index (χ2n) is 4.14. The number of hydrogen-bond donors (Lipinski definition) is 2. The van der Waals surface area contributed by atoms with Crippen LogP contribution in [0.4, 0.5) is 23.2 Å². The average molecular weight is 310 g/mol. The maximum Gasteiger partial charge on any atom is 0.441 e. The second kappa shape index (κ2) is 6.94. The third kappa shape index (κ3) is 5.79. The number of amides is 1. The van der Waals surface area contributed by atoms with E-state index in [-0.39, 0.29) is 29.6 Å². The monoisotopic (exact) mass is 310 g/mol. The highest BCUT2D eigenvalue weighted by Gasteiger charge is 2.28. The van der Waals surface area contributed by atoms with Crippen molar-refractivity contribution in [3.05, 3.63) is 29.6 Å². The van der Waals surface area contributed by atoms with Crippen molar-refractivity contribution in [2.24, 2.45) is 5.73 Å². The lowest BCUT2D eigenvalue weighted by Crippen LogP contribution is -2.36. The van der Waals surface area contributed by atoms with E-state index in [0.29, 0.717) is 5.56 Å². The first-order chi connectivity index (χ1) is 9.19. The minimum atomic E-state index is -4.34. The Balaban J connectivity index is 2.51. The number of nitrogens with two attached hydrogens (primary N) is 1. The summed E-state index contributed by atoms with van der Waals surface area (Å²) in [5, 5.41) is 2.40. The van der Waals surface area contributed by atoms with E-state index in [1.807, 2.05) is 0 Å². The molecule has 112 valence electrons. The van der Waals surface area contributed by atoms with Crippen molar-refractivity contribution in [3.8, 4) is 0 Å². The zero-order valence-electron chi connectivity index (χ0n) is 10.6. The van der Waals surface area contributed by atoms with E-state index in [4.69, 9.17) is 5.73 Å². The fraction of sp³-hybridized carbons (Fsp3) is 0.417. The number of benzene rings is 1. The molecule has 1 aromatic carbocycles. The number of anilines is 1. The van der Waals surface area contributed by atoms with Crippen molar-refractivity contribution < 1.29 is 22.4 Å². The summed E-state index contributed by atoms with van der Waals surface area (Å²) in [4.78, 5) is 11.7. The molecule has 1 rings (SSSR count). The van der Waals surface area contributed by atoms with Gasteiger partial charge in [-0.15, -0.1) is 0 Å². The quantitative estimate of drug-likeness (QED) is 0.822. The van der Waals surface area contributed by atoms with Crippen molar-refractivity contribution in [3.63, 3.8) is 0 Å². The number of carbonyl (C=O) groups excluding carboxylic acids is 1. The van der Waals surface area contributed by atoms with Crippen molar-refractivity contribution in [2.75, 3.05) is 11.1 Å². The van der Waals surface area contributed by atoms with Crippen LogP contribution < -0.4 is 11.1 Å². The molecule has 1 amide bonds. The van der Waals surface area contributed by atoms with Gasteiger partial charge in [0.2, 0.25) is 5.91 Å². The van der Waals surface area contributed by atoms with Gasteiger partial charge in [0.25, 0.3) is 0 Å². The van der Waals surface area contributed by atoms with Crippen LogP contribution in [0.2, 0.25) is 0 Å². The van der Waals surface area contributed by atoms with Crippen LogP contribution >= 0.6 is 11.8 Å². The van der Waals surface area contributed by atoms with Crippen molar-refractivity contribution >= 4 is 23.4 Å². The van der Waals surface area contributed by atoms with Crippen molar-refractivity contribution in [1.82, 2.24) is 0 Å². The Labute approximate surface area is 117 Å². The Morgan fingerprint density at radius 2 is 2.10 bits per heavy atom. The first-order valence-electron chi connectivity index (χ1n) is 5.72. The van der Waals surface area contributed by atoms with Gasteiger partial charge in [0.15, 0.2) is 0 Å². The lowest BCUT2D eigenvalue weighted by atomic mass is 10.1. The molecule has 1 atom stereocenters. The summed E-state index contributed by atoms with van der Waals surface area (Å²) in [6.07, 6.45) is -0.121. The maximum atomic E-state index is 13.0. The highest BCUT2D eigenvalue weighted by molar-refractivity contribution is 8.00. The van der Waals surface area contributed by atoms with Crippen LogP contribution in [0.15, 0.2) is 18.2 Å². The number of alkyl halides is 3. The van der Waals surface area contributed by atoms with Crippen molar-refractivity contribution in [1.29, 1.82) is 0 Å². The fourth-order valence-corrected chi connectivity index (χ4v) is 1.99. The normalized spacial score (nSPS) is 13.1. The Kier molecular flexibility index (Phi) is 5.82. The molecule has 0 unspecified atom stereocenters. The third-order valence-electron chi connectivity index (χ3n) is 2.49. The lowest BCUT2D eigenvalue weighted by molar-refractivity contribution is -0.117. The van der Waals surface area contributed by atoms with E-state index in [2.05, 4.69) is 5.32 Å². The smallest absolute Gasteiger partial charge is 0.324 e. The molecule has 0 spiro atoms. The number of thioether (sulfide) groups is 1. The van der Waals surface area contributed by atoms with Crippen LogP contribution in [0, 0.1) is 12.7 Å². The zero-order chi connectivity index (χ0) is 15.3. The number of hydrogen-bond acceptors (Lipinski definition) is 3. The molecule has 1 aromatic rings. The maximum absolute atomic E-state index is 13.0. The number of aryl methyl sites for hydroxylation is 1. The molecule has 20 heavy (non-hydrogen) atoms. The topological polar surface area (TPSA) is 55.1 Å². The molecule has 0 saturated heterocycles. The van der Waals surface area contributed by atoms with Gasteiger partial charge >= 0.3 is 5.51 Å². The summed E-state index contributed by atoms with van der Waals surface area (Å²) in [7, 11) is 0. The molecule has 0 heterocycles. The Morgan fingerprint density at radius 3 is 2.70 bits per heavy atom. The molecule has 0 aromatic heterocycles. The summed E-state index contributed by atoms with van der Waals surface area (Å²) in [6, 6.07) is 2.78. The van der Waals surface area contributed by atoms with Gasteiger partial charge < -0.3 is 11.1 Å². The minimum Gasteiger partial charge on any atom is -0.324 e. The van der Waals surface area contributed by atoms with Gasteiger partial charge in [0.05, 0.1) is 6.04 Å². The zero-order valence-corrected chi connectivity index (χ0v) is 11.4. The first kappa shape index (κ1) is 16.8. The molecule has 0 saturated carbocycles. The predicted molar refractivity (Wildman–Crippen MR) is 70.9 cm³/mol. The molecule has 0 bridgehead atoms. The van der Waals surface area contributed by atoms with Gasteiger partial charge in [-0.25, -0.2) is 4.39 Å². The number of nitrogens with one attached hydrogen (secondary N) is 1. The summed E-state index contributed by atoms with van der Waals surface area (Å²) in [5.41, 5.74) is 2.05. The second-order valence-corrected chi connectivity index (χ2v) is 5.30. The standard InChI is InChI=1S/C12H14F4N2OS/c1-7-2-3-8(13)6-10(7)18-11(19)9(17)4-5-20-12(14,15)16/h2-3,6,9H,4-5,17H2,1H3,(H,18,19)/t9-/m0/s1. The van der Waals surface area contributed by atoms with E-state index >= 15 is 0 Å². The SMILES string of the molecule is Cc1ccc(F)cc1NC(=O)[C@@H](N)CCSC(F)(F)F. The highest BCUT2D eigenvalue weighted by Crippen LogP contribution is 2.30. The van der Waals surface area contributed by atoms with Crippen LogP contribution in [0.3, 0.4) is 0 Å². The number of carbonyl (C=O) groups is 1. The van der Waals surface area contributed by atoms with Crippen LogP contribution in [-0.4, -0.2) is 23.2 Å². The minimum absolute atomic E-state index is 0.121. The van der Waals surface area contributed by atoms with Gasteiger partial charge in [-0.05, 0) is 31.0 Å². The molecule has 8 heteroatoms. The Bertz CT molecular complexity index is 479. The molecule has 3 nitrogen and oxygen atoms in total. The molecule has 0 fully saturated rings. The predicted octanol–water partition coefficient (Wildman–Crippen LogP) is 3.04. The summed E-state index contributed by atoms with van der Waals surface area (Å²) in [5.74, 6) is -1.46. The van der Waals surface area contributed by atoms with Crippen molar-refractivity contribution in [2.45, 2.75) is 24.9 Å². The third-order valence-corrected chi connectivity index (χ3v) is 3.26. The molecule has 3 N–H and O–H groups in total. The molecule has 0 aliphatic carbocycles. The molecule has 0 radical (unpaired) electrons. The van der Waals surface area contributed by atoms with E-state index in [0.717, 1.165) is 6.07 Å². The summed E-state index contributed by atoms with van der Waals surface area (Å²) >= 11 is -0.229. The Hall–Kier alpha value is -1.28. The Morgan fingerprint density at radius 1 is 1.45 bits per heavy atom. The van der Waals surface area contributed by atoms with Crippen LogP contribution in [0.1, 0.15) is 12.0 Å². The van der Waals surface area contributed by atoms with E-state index in [1.165, 1.54) is 12.1 Å². The number of halogens is 4. The van der Waals surface area contributed by atoms with Gasteiger partial charge in [-0.3, -0.25) is 4.79 Å². The largest absolute Gasteiger partial charge is 0.441 e. The van der Waals surface area contributed by atoms with Gasteiger partial charge in [0.1, 0.15) is 5.82 Å². The van der Waals surface area contributed by atoms with Gasteiger partial charge in [-0.2, -0.15) is 13.2 Å². The van der Waals surface area contributed by atoms with E-state index < -0.39 is 23.3 Å². The molecule has 0 aliphatic rings. The van der Waals surface area contributed by atoms with Crippen LogP contribution in [-0.2, 0) is 4.79 Å². The molecular formula is C12H14F4N2OS. The van der Waals surface area contributed by atoms with Gasteiger partial charge in [0, 0.05) is 11.4 Å². The summed E-state index contributed by atoms with van der Waals surface area (Å²) in [6.45, 7) is 1.67. The highest BCUT2D eigenvalue weighted by atomic mass is 32.2. The molecule has 0 aliphatic heterocycles. The van der Waals surface area contributed by atoms with E-state index in [1.54, 1.807) is 6.92 Å². The number of rotatable bonds is 5. The summed E-state index contributed by atoms with van der Waals surface area (Å²) < 4.78 is 48.8. The first-order valence-corrected chi connectivity index (χ1v) is 6.71. The van der Waals surface area contributed by atoms with E-state index in [9.17, 15) is 22.4 Å². The van der Waals surface area contributed by atoms with Gasteiger partial charge in [-0.1, -0.05) is 17.8 Å². The molecular weight excluding hydrogens is 296 g/mol. The van der Waals surface area contributed by atoms with Crippen LogP contribution in [0.5, 0.6) is 0 Å². The van der Waals surface area contributed by atoms with Crippen LogP contribution in [0.25, 0.3) is 0 Å². The average Bonchev–Trinajstić information content (AvgIpc) is 2.32. The fourth-order valence-electron chi connectivity index (χ4n) is 1.39. The lowest BCUT2D eigenvalue weighted by Gasteiger charge is -2.14.